The summed E-state index contributed by atoms with van der Waals surface area (Å²) in [5.74, 6) is 2.47. The van der Waals surface area contributed by atoms with E-state index in [2.05, 4.69) is 21.8 Å². The summed E-state index contributed by atoms with van der Waals surface area (Å²) in [6.07, 6.45) is 8.30. The van der Waals surface area contributed by atoms with Gasteiger partial charge in [0.2, 0.25) is 0 Å². The predicted octanol–water partition coefficient (Wildman–Crippen LogP) is 3.53. The number of piperidine rings is 1. The van der Waals surface area contributed by atoms with E-state index in [4.69, 9.17) is 15.5 Å². The highest BCUT2D eigenvalue weighted by molar-refractivity contribution is 7.99. The number of unbranched alkanes of at least 4 members (excludes halogenated alkanes) is 1. The molecule has 1 saturated heterocycles. The normalized spacial score (nSPS) is 17.4. The van der Waals surface area contributed by atoms with E-state index in [1.165, 1.54) is 6.42 Å². The van der Waals surface area contributed by atoms with Crippen molar-refractivity contribution in [2.75, 3.05) is 29.5 Å². The van der Waals surface area contributed by atoms with Crippen LogP contribution < -0.4 is 10.6 Å². The molecule has 1 fully saturated rings. The first-order chi connectivity index (χ1) is 12.7. The first-order valence-corrected chi connectivity index (χ1v) is 10.3. The number of nitrogen functional groups attached to an aromatic ring is 1. The number of thioether (sulfide) groups is 1. The standard InChI is InChI=1S/C19H27N5OS/c1-2-3-10-26-19-22-17(20)11-18(23-19)24-9-5-7-16(13-24)25-14-15-6-4-8-21-12-15/h4,6,8,11-12,16H,2-3,5,7,9-10,13-14H2,1H3,(H2,20,22,23)/t16-/m0/s1. The van der Waals surface area contributed by atoms with Crippen LogP contribution in [0.3, 0.4) is 0 Å². The lowest BCUT2D eigenvalue weighted by Crippen LogP contribution is -2.40. The zero-order chi connectivity index (χ0) is 18.2. The number of nitrogens with two attached hydrogens (primary N) is 1. The van der Waals surface area contributed by atoms with E-state index in [9.17, 15) is 0 Å². The molecule has 140 valence electrons. The molecule has 1 aliphatic rings. The first-order valence-electron chi connectivity index (χ1n) is 9.27. The lowest BCUT2D eigenvalue weighted by molar-refractivity contribution is 0.0313. The van der Waals surface area contributed by atoms with Crippen molar-refractivity contribution in [3.63, 3.8) is 0 Å². The Labute approximate surface area is 159 Å². The van der Waals surface area contributed by atoms with Crippen LogP contribution in [0.4, 0.5) is 11.6 Å². The Kier molecular flexibility index (Phi) is 7.08. The van der Waals surface area contributed by atoms with Gasteiger partial charge in [0.25, 0.3) is 0 Å². The van der Waals surface area contributed by atoms with E-state index in [0.29, 0.717) is 12.4 Å². The molecule has 0 saturated carbocycles. The molecule has 2 aromatic rings. The van der Waals surface area contributed by atoms with Crippen LogP contribution in [-0.4, -0.2) is 39.9 Å². The molecule has 7 heteroatoms. The number of rotatable bonds is 8. The van der Waals surface area contributed by atoms with Gasteiger partial charge in [-0.1, -0.05) is 31.2 Å². The summed E-state index contributed by atoms with van der Waals surface area (Å²) in [5.41, 5.74) is 7.11. The maximum Gasteiger partial charge on any atom is 0.191 e. The van der Waals surface area contributed by atoms with Crippen LogP contribution in [-0.2, 0) is 11.3 Å². The van der Waals surface area contributed by atoms with Crippen molar-refractivity contribution in [1.29, 1.82) is 0 Å². The summed E-state index contributed by atoms with van der Waals surface area (Å²) < 4.78 is 6.10. The minimum Gasteiger partial charge on any atom is -0.383 e. The van der Waals surface area contributed by atoms with Gasteiger partial charge in [0.1, 0.15) is 11.6 Å². The topological polar surface area (TPSA) is 77.2 Å². The van der Waals surface area contributed by atoms with E-state index in [1.807, 2.05) is 24.4 Å². The number of aromatic nitrogens is 3. The van der Waals surface area contributed by atoms with Crippen molar-refractivity contribution in [1.82, 2.24) is 15.0 Å². The molecular weight excluding hydrogens is 346 g/mol. The number of hydrogen-bond donors (Lipinski definition) is 1. The minimum absolute atomic E-state index is 0.191. The monoisotopic (exact) mass is 373 g/mol. The molecule has 0 spiro atoms. The summed E-state index contributed by atoms with van der Waals surface area (Å²) in [6, 6.07) is 5.85. The highest BCUT2D eigenvalue weighted by atomic mass is 32.2. The first kappa shape index (κ1) is 18.9. The van der Waals surface area contributed by atoms with Gasteiger partial charge in [-0.15, -0.1) is 0 Å². The Morgan fingerprint density at radius 2 is 2.31 bits per heavy atom. The predicted molar refractivity (Wildman–Crippen MR) is 106 cm³/mol. The van der Waals surface area contributed by atoms with E-state index in [-0.39, 0.29) is 6.10 Å². The second-order valence-corrected chi connectivity index (χ2v) is 7.58. The molecule has 0 aromatic carbocycles. The fraction of sp³-hybridized carbons (Fsp3) is 0.526. The molecule has 3 rings (SSSR count). The lowest BCUT2D eigenvalue weighted by atomic mass is 10.1. The molecule has 3 heterocycles. The van der Waals surface area contributed by atoms with Crippen LogP contribution in [0.15, 0.2) is 35.7 Å². The zero-order valence-electron chi connectivity index (χ0n) is 15.3. The second kappa shape index (κ2) is 9.73. The molecule has 0 amide bonds. The Hall–Kier alpha value is -1.86. The Bertz CT molecular complexity index is 685. The van der Waals surface area contributed by atoms with Gasteiger partial charge in [-0.05, 0) is 30.9 Å². The maximum atomic E-state index is 6.10. The molecule has 6 nitrogen and oxygen atoms in total. The maximum absolute atomic E-state index is 6.10. The third-order valence-corrected chi connectivity index (χ3v) is 5.29. The van der Waals surface area contributed by atoms with E-state index in [0.717, 1.165) is 54.6 Å². The van der Waals surface area contributed by atoms with Crippen molar-refractivity contribution < 1.29 is 4.74 Å². The van der Waals surface area contributed by atoms with Gasteiger partial charge in [-0.3, -0.25) is 4.98 Å². The van der Waals surface area contributed by atoms with Crippen LogP contribution in [0, 0.1) is 0 Å². The second-order valence-electron chi connectivity index (χ2n) is 6.52. The fourth-order valence-corrected chi connectivity index (χ4v) is 3.89. The number of anilines is 2. The SMILES string of the molecule is CCCCSc1nc(N)cc(N2CCC[C@H](OCc3cccnc3)C2)n1. The summed E-state index contributed by atoms with van der Waals surface area (Å²) in [7, 11) is 0. The summed E-state index contributed by atoms with van der Waals surface area (Å²) in [4.78, 5) is 15.5. The molecular formula is C19H27N5OS. The molecule has 1 aliphatic heterocycles. The van der Waals surface area contributed by atoms with Crippen molar-refractivity contribution >= 4 is 23.4 Å². The average molecular weight is 374 g/mol. The van der Waals surface area contributed by atoms with Crippen LogP contribution in [0.1, 0.15) is 38.2 Å². The lowest BCUT2D eigenvalue weighted by Gasteiger charge is -2.33. The number of nitrogens with zero attached hydrogens (tertiary/aromatic N) is 4. The van der Waals surface area contributed by atoms with Gasteiger partial charge in [0.15, 0.2) is 5.16 Å². The smallest absolute Gasteiger partial charge is 0.191 e. The largest absolute Gasteiger partial charge is 0.383 e. The minimum atomic E-state index is 0.191. The van der Waals surface area contributed by atoms with Gasteiger partial charge < -0.3 is 15.4 Å². The van der Waals surface area contributed by atoms with Gasteiger partial charge in [0, 0.05) is 37.3 Å². The molecule has 1 atom stereocenters. The van der Waals surface area contributed by atoms with Crippen molar-refractivity contribution in [3.8, 4) is 0 Å². The van der Waals surface area contributed by atoms with Gasteiger partial charge >= 0.3 is 0 Å². The zero-order valence-corrected chi connectivity index (χ0v) is 16.1. The van der Waals surface area contributed by atoms with Gasteiger partial charge in [-0.25, -0.2) is 9.97 Å². The molecule has 2 N–H and O–H groups in total. The highest BCUT2D eigenvalue weighted by Gasteiger charge is 2.22. The van der Waals surface area contributed by atoms with E-state index in [1.54, 1.807) is 18.0 Å². The number of ether oxygens (including phenoxy) is 1. The van der Waals surface area contributed by atoms with Crippen LogP contribution in [0.2, 0.25) is 0 Å². The van der Waals surface area contributed by atoms with Gasteiger partial charge in [-0.2, -0.15) is 0 Å². The van der Waals surface area contributed by atoms with Crippen molar-refractivity contribution in [3.05, 3.63) is 36.2 Å². The Morgan fingerprint density at radius 3 is 3.12 bits per heavy atom. The third-order valence-electron chi connectivity index (χ3n) is 4.35. The molecule has 0 bridgehead atoms. The molecule has 2 aromatic heterocycles. The molecule has 26 heavy (non-hydrogen) atoms. The molecule has 0 unspecified atom stereocenters. The van der Waals surface area contributed by atoms with E-state index < -0.39 is 0 Å². The summed E-state index contributed by atoms with van der Waals surface area (Å²) >= 11 is 1.68. The number of pyridine rings is 1. The highest BCUT2D eigenvalue weighted by Crippen LogP contribution is 2.25. The summed E-state index contributed by atoms with van der Waals surface area (Å²) in [5, 5.41) is 0.770. The Balaban J connectivity index is 1.59. The molecule has 0 aliphatic carbocycles. The molecule has 0 radical (unpaired) electrons. The number of hydrogen-bond acceptors (Lipinski definition) is 7. The van der Waals surface area contributed by atoms with Gasteiger partial charge in [0.05, 0.1) is 12.7 Å². The van der Waals surface area contributed by atoms with Crippen molar-refractivity contribution in [2.45, 2.75) is 50.5 Å². The van der Waals surface area contributed by atoms with Crippen LogP contribution in [0.25, 0.3) is 0 Å². The Morgan fingerprint density at radius 1 is 1.38 bits per heavy atom. The fourth-order valence-electron chi connectivity index (χ4n) is 2.94. The van der Waals surface area contributed by atoms with Crippen LogP contribution in [0.5, 0.6) is 0 Å². The quantitative estimate of drug-likeness (QED) is 0.431. The van der Waals surface area contributed by atoms with Crippen LogP contribution >= 0.6 is 11.8 Å². The summed E-state index contributed by atoms with van der Waals surface area (Å²) in [6.45, 7) is 4.58. The van der Waals surface area contributed by atoms with E-state index >= 15 is 0 Å². The van der Waals surface area contributed by atoms with Crippen molar-refractivity contribution in [2.24, 2.45) is 0 Å². The average Bonchev–Trinajstić information content (AvgIpc) is 2.67. The third kappa shape index (κ3) is 5.57.